The normalized spacial score (nSPS) is 12.6. The van der Waals surface area contributed by atoms with E-state index in [9.17, 15) is 0 Å². The molecule has 3 heteroatoms. The molecule has 0 unspecified atom stereocenters. The molecule has 0 aliphatic carbocycles. The van der Waals surface area contributed by atoms with Gasteiger partial charge in [0, 0.05) is 5.69 Å². The van der Waals surface area contributed by atoms with Gasteiger partial charge in [-0.3, -0.25) is 0 Å². The van der Waals surface area contributed by atoms with Gasteiger partial charge in [-0.25, -0.2) is 0 Å². The Bertz CT molecular complexity index is 396. The molecule has 0 atom stereocenters. The van der Waals surface area contributed by atoms with E-state index < -0.39 is 8.32 Å². The molecule has 0 saturated carbocycles. The molecule has 0 saturated heterocycles. The van der Waals surface area contributed by atoms with E-state index in [4.69, 9.17) is 10.2 Å². The summed E-state index contributed by atoms with van der Waals surface area (Å²) >= 11 is 0. The zero-order valence-electron chi connectivity index (χ0n) is 12.1. The largest absolute Gasteiger partial charge is 0.543 e. The summed E-state index contributed by atoms with van der Waals surface area (Å²) in [5, 5.41) is 0.216. The molecule has 1 rings (SSSR count). The van der Waals surface area contributed by atoms with Gasteiger partial charge in [-0.15, -0.1) is 0 Å². The maximum atomic E-state index is 6.37. The first-order valence-electron chi connectivity index (χ1n) is 6.10. The van der Waals surface area contributed by atoms with Gasteiger partial charge in [0.2, 0.25) is 0 Å². The van der Waals surface area contributed by atoms with Crippen LogP contribution in [-0.2, 0) is 0 Å². The quantitative estimate of drug-likeness (QED) is 0.629. The van der Waals surface area contributed by atoms with Crippen LogP contribution in [0.2, 0.25) is 18.1 Å². The monoisotopic (exact) mass is 251 g/mol. The zero-order chi connectivity index (χ0) is 13.4. The third kappa shape index (κ3) is 3.03. The number of aryl methyl sites for hydroxylation is 2. The first-order valence-corrected chi connectivity index (χ1v) is 9.01. The van der Waals surface area contributed by atoms with Gasteiger partial charge in [0.25, 0.3) is 8.32 Å². The van der Waals surface area contributed by atoms with E-state index in [1.807, 2.05) is 12.1 Å². The van der Waals surface area contributed by atoms with Crippen LogP contribution in [0.25, 0.3) is 0 Å². The van der Waals surface area contributed by atoms with E-state index in [-0.39, 0.29) is 5.04 Å². The Balaban J connectivity index is 3.13. The van der Waals surface area contributed by atoms with E-state index >= 15 is 0 Å². The van der Waals surface area contributed by atoms with Crippen molar-refractivity contribution in [3.8, 4) is 5.75 Å². The van der Waals surface area contributed by atoms with E-state index in [0.717, 1.165) is 22.6 Å². The fourth-order valence-electron chi connectivity index (χ4n) is 1.55. The molecule has 1 aromatic carbocycles. The van der Waals surface area contributed by atoms with Crippen molar-refractivity contribution in [2.45, 2.75) is 52.8 Å². The van der Waals surface area contributed by atoms with E-state index in [1.54, 1.807) is 0 Å². The third-order valence-corrected chi connectivity index (χ3v) is 7.97. The van der Waals surface area contributed by atoms with Gasteiger partial charge in [-0.2, -0.15) is 0 Å². The minimum Gasteiger partial charge on any atom is -0.543 e. The molecule has 96 valence electrons. The summed E-state index contributed by atoms with van der Waals surface area (Å²) in [6.45, 7) is 15.4. The number of benzene rings is 1. The van der Waals surface area contributed by atoms with Crippen molar-refractivity contribution in [2.75, 3.05) is 5.73 Å². The minimum atomic E-state index is -1.77. The lowest BCUT2D eigenvalue weighted by atomic mass is 10.1. The van der Waals surface area contributed by atoms with Gasteiger partial charge in [0.15, 0.2) is 0 Å². The van der Waals surface area contributed by atoms with Gasteiger partial charge in [-0.05, 0) is 55.2 Å². The number of rotatable bonds is 2. The van der Waals surface area contributed by atoms with Crippen LogP contribution in [0.15, 0.2) is 12.1 Å². The highest BCUT2D eigenvalue weighted by atomic mass is 28.4. The molecule has 2 nitrogen and oxygen atoms in total. The van der Waals surface area contributed by atoms with Crippen molar-refractivity contribution in [3.05, 3.63) is 23.3 Å². The number of anilines is 1. The topological polar surface area (TPSA) is 35.2 Å². The molecule has 0 aromatic heterocycles. The second kappa shape index (κ2) is 4.37. The lowest BCUT2D eigenvalue weighted by Gasteiger charge is -2.37. The van der Waals surface area contributed by atoms with Crippen molar-refractivity contribution in [1.29, 1.82) is 0 Å². The molecule has 2 N–H and O–H groups in total. The Hall–Kier alpha value is -0.963. The molecule has 0 radical (unpaired) electrons. The lowest BCUT2D eigenvalue weighted by molar-refractivity contribution is 0.486. The molecule has 0 aliphatic heterocycles. The van der Waals surface area contributed by atoms with Crippen LogP contribution in [0.4, 0.5) is 5.69 Å². The predicted molar refractivity (Wildman–Crippen MR) is 78.2 cm³/mol. The fraction of sp³-hybridized carbons (Fsp3) is 0.571. The smallest absolute Gasteiger partial charge is 0.250 e. The minimum absolute atomic E-state index is 0.216. The summed E-state index contributed by atoms with van der Waals surface area (Å²) in [5.41, 5.74) is 8.91. The summed E-state index contributed by atoms with van der Waals surface area (Å²) in [7, 11) is -1.77. The molecule has 0 bridgehead atoms. The summed E-state index contributed by atoms with van der Waals surface area (Å²) in [6.07, 6.45) is 0. The molecule has 0 heterocycles. The second-order valence-corrected chi connectivity index (χ2v) is 11.1. The third-order valence-electron chi connectivity index (χ3n) is 3.65. The molecular weight excluding hydrogens is 226 g/mol. The average molecular weight is 251 g/mol. The van der Waals surface area contributed by atoms with E-state index in [0.29, 0.717) is 0 Å². The molecule has 0 spiro atoms. The SMILES string of the molecule is Cc1cc(N)cc(C)c1O[Si](C)(C)C(C)(C)C. The molecule has 1 aromatic rings. The van der Waals surface area contributed by atoms with E-state index in [1.165, 1.54) is 0 Å². The van der Waals surface area contributed by atoms with Gasteiger partial charge in [-0.1, -0.05) is 20.8 Å². The Morgan fingerprint density at radius 2 is 1.47 bits per heavy atom. The number of hydrogen-bond acceptors (Lipinski definition) is 2. The first kappa shape index (κ1) is 14.1. The fourth-order valence-corrected chi connectivity index (χ4v) is 2.69. The van der Waals surface area contributed by atoms with Crippen LogP contribution < -0.4 is 10.2 Å². The molecule has 17 heavy (non-hydrogen) atoms. The summed E-state index contributed by atoms with van der Waals surface area (Å²) in [5.74, 6) is 1.02. The van der Waals surface area contributed by atoms with Crippen LogP contribution in [0.3, 0.4) is 0 Å². The number of nitrogen functional groups attached to an aromatic ring is 1. The number of hydrogen-bond donors (Lipinski definition) is 1. The highest BCUT2D eigenvalue weighted by Gasteiger charge is 2.39. The maximum Gasteiger partial charge on any atom is 0.250 e. The van der Waals surface area contributed by atoms with Crippen molar-refractivity contribution in [3.63, 3.8) is 0 Å². The van der Waals surface area contributed by atoms with Crippen LogP contribution in [0.5, 0.6) is 5.75 Å². The van der Waals surface area contributed by atoms with Crippen LogP contribution in [0.1, 0.15) is 31.9 Å². The van der Waals surface area contributed by atoms with Gasteiger partial charge < -0.3 is 10.2 Å². The Morgan fingerprint density at radius 3 is 1.82 bits per heavy atom. The Morgan fingerprint density at radius 1 is 1.06 bits per heavy atom. The lowest BCUT2D eigenvalue weighted by Crippen LogP contribution is -2.44. The highest BCUT2D eigenvalue weighted by molar-refractivity contribution is 6.74. The van der Waals surface area contributed by atoms with Crippen LogP contribution >= 0.6 is 0 Å². The van der Waals surface area contributed by atoms with Crippen LogP contribution in [0, 0.1) is 13.8 Å². The van der Waals surface area contributed by atoms with Crippen molar-refractivity contribution in [2.24, 2.45) is 0 Å². The van der Waals surface area contributed by atoms with Crippen molar-refractivity contribution in [1.82, 2.24) is 0 Å². The Labute approximate surface area is 106 Å². The molecular formula is C14H25NOSi. The number of nitrogens with two attached hydrogens (primary N) is 1. The van der Waals surface area contributed by atoms with Crippen LogP contribution in [-0.4, -0.2) is 8.32 Å². The molecule has 0 fully saturated rings. The van der Waals surface area contributed by atoms with Gasteiger partial charge >= 0.3 is 0 Å². The molecule has 0 amide bonds. The summed E-state index contributed by atoms with van der Waals surface area (Å²) < 4.78 is 6.37. The van der Waals surface area contributed by atoms with Crippen molar-refractivity contribution >= 4 is 14.0 Å². The first-order chi connectivity index (χ1) is 7.54. The standard InChI is InChI=1S/C14H25NOSi/c1-10-8-12(15)9-11(2)13(10)16-17(6,7)14(3,4)5/h8-9H,15H2,1-7H3. The molecule has 0 aliphatic rings. The van der Waals surface area contributed by atoms with Crippen molar-refractivity contribution < 1.29 is 4.43 Å². The maximum absolute atomic E-state index is 6.37. The second-order valence-electron chi connectivity index (χ2n) is 6.35. The average Bonchev–Trinajstić information content (AvgIpc) is 2.09. The van der Waals surface area contributed by atoms with Gasteiger partial charge in [0.1, 0.15) is 5.75 Å². The Kier molecular flexibility index (Phi) is 3.62. The highest BCUT2D eigenvalue weighted by Crippen LogP contribution is 2.39. The van der Waals surface area contributed by atoms with Gasteiger partial charge in [0.05, 0.1) is 0 Å². The predicted octanol–water partition coefficient (Wildman–Crippen LogP) is 4.27. The van der Waals surface area contributed by atoms with E-state index in [2.05, 4.69) is 47.7 Å². The summed E-state index contributed by atoms with van der Waals surface area (Å²) in [6, 6.07) is 3.96. The zero-order valence-corrected chi connectivity index (χ0v) is 13.1. The summed E-state index contributed by atoms with van der Waals surface area (Å²) in [4.78, 5) is 0.